The van der Waals surface area contributed by atoms with Crippen molar-refractivity contribution < 1.29 is 23.4 Å². The van der Waals surface area contributed by atoms with E-state index in [9.17, 15) is 28.2 Å². The lowest BCUT2D eigenvalue weighted by Gasteiger charge is -2.49. The Morgan fingerprint density at radius 3 is 2.45 bits per heavy atom. The number of halogens is 3. The molecule has 0 spiro atoms. The number of hydrogen-bond acceptors (Lipinski definition) is 4. The highest BCUT2D eigenvalue weighted by molar-refractivity contribution is 5.93. The summed E-state index contributed by atoms with van der Waals surface area (Å²) in [6.45, 7) is 6.69. The summed E-state index contributed by atoms with van der Waals surface area (Å²) in [5.41, 5.74) is -1.95. The maximum absolute atomic E-state index is 14.5. The van der Waals surface area contributed by atoms with E-state index in [1.807, 2.05) is 13.8 Å². The highest BCUT2D eigenvalue weighted by Crippen LogP contribution is 2.57. The molecule has 8 heteroatoms. The SMILES string of the molecule is CC(C)c1cc(O)c2c(c1)C(Nc1cccc3c(=O)[nH]ccc13)C(O)(C(F)(F)F)C(C)C2C. The zero-order valence-electron chi connectivity index (χ0n) is 18.8. The number of alkyl halides is 3. The van der Waals surface area contributed by atoms with Crippen LogP contribution in [-0.4, -0.2) is 27.0 Å². The molecule has 0 saturated carbocycles. The van der Waals surface area contributed by atoms with E-state index >= 15 is 0 Å². The predicted molar refractivity (Wildman–Crippen MR) is 122 cm³/mol. The van der Waals surface area contributed by atoms with Gasteiger partial charge in [0.25, 0.3) is 5.56 Å². The zero-order valence-corrected chi connectivity index (χ0v) is 18.8. The van der Waals surface area contributed by atoms with E-state index in [1.165, 1.54) is 13.1 Å². The van der Waals surface area contributed by atoms with Gasteiger partial charge < -0.3 is 20.5 Å². The number of anilines is 1. The monoisotopic (exact) mass is 460 g/mol. The zero-order chi connectivity index (χ0) is 24.3. The van der Waals surface area contributed by atoms with Crippen molar-refractivity contribution in [2.75, 3.05) is 5.32 Å². The molecule has 1 aliphatic rings. The first-order chi connectivity index (χ1) is 15.4. The predicted octanol–water partition coefficient (Wildman–Crippen LogP) is 5.56. The number of aromatic nitrogens is 1. The van der Waals surface area contributed by atoms with Gasteiger partial charge in [-0.1, -0.05) is 39.8 Å². The number of fused-ring (bicyclic) bond motifs is 2. The van der Waals surface area contributed by atoms with Crippen molar-refractivity contribution >= 4 is 16.5 Å². The second-order valence-electron chi connectivity index (χ2n) is 9.25. The summed E-state index contributed by atoms with van der Waals surface area (Å²) in [5, 5.41) is 25.8. The lowest BCUT2D eigenvalue weighted by Crippen LogP contribution is -2.60. The number of phenols is 1. The van der Waals surface area contributed by atoms with E-state index in [0.29, 0.717) is 21.9 Å². The van der Waals surface area contributed by atoms with Crippen molar-refractivity contribution in [1.29, 1.82) is 0 Å². The van der Waals surface area contributed by atoms with Gasteiger partial charge in [0.05, 0.1) is 6.04 Å². The van der Waals surface area contributed by atoms with Gasteiger partial charge in [0.1, 0.15) is 5.75 Å². The molecule has 4 N–H and O–H groups in total. The molecule has 4 atom stereocenters. The highest BCUT2D eigenvalue weighted by atomic mass is 19.4. The lowest BCUT2D eigenvalue weighted by atomic mass is 9.63. The van der Waals surface area contributed by atoms with Crippen LogP contribution in [0.2, 0.25) is 0 Å². The van der Waals surface area contributed by atoms with E-state index in [1.54, 1.807) is 43.3 Å². The van der Waals surface area contributed by atoms with E-state index < -0.39 is 29.7 Å². The van der Waals surface area contributed by atoms with Crippen LogP contribution in [0.3, 0.4) is 0 Å². The third-order valence-electron chi connectivity index (χ3n) is 7.10. The molecule has 0 radical (unpaired) electrons. The van der Waals surface area contributed by atoms with Crippen LogP contribution < -0.4 is 10.9 Å². The molecule has 3 aromatic rings. The van der Waals surface area contributed by atoms with Crippen molar-refractivity contribution in [1.82, 2.24) is 4.98 Å². The molecule has 1 aliphatic carbocycles. The van der Waals surface area contributed by atoms with E-state index in [-0.39, 0.29) is 28.5 Å². The molecule has 4 unspecified atom stereocenters. The highest BCUT2D eigenvalue weighted by Gasteiger charge is 2.65. The van der Waals surface area contributed by atoms with Crippen molar-refractivity contribution in [3.63, 3.8) is 0 Å². The number of aromatic amines is 1. The minimum atomic E-state index is -4.96. The molecule has 0 fully saturated rings. The van der Waals surface area contributed by atoms with Gasteiger partial charge in [0, 0.05) is 34.1 Å². The van der Waals surface area contributed by atoms with Crippen molar-refractivity contribution in [3.05, 3.63) is 69.6 Å². The maximum Gasteiger partial charge on any atom is 0.419 e. The van der Waals surface area contributed by atoms with Crippen LogP contribution in [0.15, 0.2) is 47.4 Å². The molecule has 1 aromatic heterocycles. The molecule has 5 nitrogen and oxygen atoms in total. The number of pyridine rings is 1. The van der Waals surface area contributed by atoms with Crippen LogP contribution in [0.25, 0.3) is 10.8 Å². The van der Waals surface area contributed by atoms with Gasteiger partial charge in [0.15, 0.2) is 5.60 Å². The number of phenolic OH excluding ortho intramolecular Hbond substituents is 1. The standard InChI is InChI=1S/C25H27F3N2O3/c1-12(2)15-10-18-21(20(31)11-15)13(3)14(4)24(33,25(26,27)28)22(18)30-19-7-5-6-17-16(19)8-9-29-23(17)32/h5-14,22,30-31,33H,1-4H3,(H,29,32). The number of aliphatic hydroxyl groups is 1. The van der Waals surface area contributed by atoms with Crippen LogP contribution in [0.5, 0.6) is 5.75 Å². The Hall–Kier alpha value is -3.00. The Labute approximate surface area is 189 Å². The molecule has 2 aromatic carbocycles. The van der Waals surface area contributed by atoms with Crippen LogP contribution in [-0.2, 0) is 0 Å². The number of benzene rings is 2. The van der Waals surface area contributed by atoms with Crippen molar-refractivity contribution in [2.24, 2.45) is 5.92 Å². The number of nitrogens with one attached hydrogen (secondary N) is 2. The summed E-state index contributed by atoms with van der Waals surface area (Å²) in [7, 11) is 0. The molecule has 0 saturated heterocycles. The fourth-order valence-electron chi connectivity index (χ4n) is 4.99. The van der Waals surface area contributed by atoms with Crippen molar-refractivity contribution in [3.8, 4) is 5.75 Å². The smallest absolute Gasteiger partial charge is 0.419 e. The Kier molecular flexibility index (Phi) is 5.47. The summed E-state index contributed by atoms with van der Waals surface area (Å²) in [4.78, 5) is 14.8. The fourth-order valence-corrected chi connectivity index (χ4v) is 4.99. The fraction of sp³-hybridized carbons (Fsp3) is 0.400. The summed E-state index contributed by atoms with van der Waals surface area (Å²) in [5.74, 6) is -2.13. The van der Waals surface area contributed by atoms with Gasteiger partial charge in [-0.05, 0) is 47.2 Å². The number of hydrogen-bond donors (Lipinski definition) is 4. The first-order valence-electron chi connectivity index (χ1n) is 10.9. The average molecular weight is 460 g/mol. The largest absolute Gasteiger partial charge is 0.508 e. The molecule has 0 amide bonds. The molecule has 0 aliphatic heterocycles. The summed E-state index contributed by atoms with van der Waals surface area (Å²) >= 11 is 0. The molecule has 176 valence electrons. The Morgan fingerprint density at radius 1 is 1.12 bits per heavy atom. The Bertz CT molecular complexity index is 1270. The minimum absolute atomic E-state index is 0.0494. The van der Waals surface area contributed by atoms with Gasteiger partial charge in [-0.25, -0.2) is 0 Å². The Balaban J connectivity index is 2.01. The summed E-state index contributed by atoms with van der Waals surface area (Å²) in [6, 6.07) is 7.94. The second-order valence-corrected chi connectivity index (χ2v) is 9.25. The van der Waals surface area contributed by atoms with E-state index in [4.69, 9.17) is 0 Å². The normalized spacial score (nSPS) is 25.3. The maximum atomic E-state index is 14.5. The van der Waals surface area contributed by atoms with Gasteiger partial charge in [0.2, 0.25) is 0 Å². The van der Waals surface area contributed by atoms with E-state index in [2.05, 4.69) is 10.3 Å². The second kappa shape index (κ2) is 7.80. The third-order valence-corrected chi connectivity index (χ3v) is 7.10. The molecular weight excluding hydrogens is 433 g/mol. The van der Waals surface area contributed by atoms with Crippen LogP contribution in [0, 0.1) is 5.92 Å². The number of H-pyrrole nitrogens is 1. The first-order valence-corrected chi connectivity index (χ1v) is 10.9. The molecular formula is C25H27F3N2O3. The summed E-state index contributed by atoms with van der Waals surface area (Å²) in [6.07, 6.45) is -3.53. The van der Waals surface area contributed by atoms with Gasteiger partial charge in [-0.3, -0.25) is 4.79 Å². The van der Waals surface area contributed by atoms with E-state index in [0.717, 1.165) is 0 Å². The topological polar surface area (TPSA) is 85.4 Å². The van der Waals surface area contributed by atoms with Crippen LogP contribution in [0.4, 0.5) is 18.9 Å². The minimum Gasteiger partial charge on any atom is -0.508 e. The van der Waals surface area contributed by atoms with Gasteiger partial charge in [-0.2, -0.15) is 13.2 Å². The molecule has 1 heterocycles. The molecule has 4 rings (SSSR count). The van der Waals surface area contributed by atoms with Gasteiger partial charge in [-0.15, -0.1) is 0 Å². The molecule has 33 heavy (non-hydrogen) atoms. The van der Waals surface area contributed by atoms with Gasteiger partial charge >= 0.3 is 6.18 Å². The van der Waals surface area contributed by atoms with Crippen LogP contribution in [0.1, 0.15) is 62.3 Å². The number of aromatic hydroxyl groups is 1. The average Bonchev–Trinajstić information content (AvgIpc) is 2.74. The quantitative estimate of drug-likeness (QED) is 0.413. The third kappa shape index (κ3) is 3.47. The molecule has 0 bridgehead atoms. The number of rotatable bonds is 3. The summed E-state index contributed by atoms with van der Waals surface area (Å²) < 4.78 is 43.6. The Morgan fingerprint density at radius 2 is 1.82 bits per heavy atom. The lowest BCUT2D eigenvalue weighted by molar-refractivity contribution is -0.289. The first kappa shape index (κ1) is 23.2. The van der Waals surface area contributed by atoms with Crippen LogP contribution >= 0.6 is 0 Å². The van der Waals surface area contributed by atoms with Crippen molar-refractivity contribution in [2.45, 2.75) is 57.3 Å².